The number of aromatic amines is 1. The minimum absolute atomic E-state index is 0.0933. The number of nitrogens with zero attached hydrogens (tertiary/aromatic N) is 3. The van der Waals surface area contributed by atoms with Gasteiger partial charge >= 0.3 is 6.36 Å². The van der Waals surface area contributed by atoms with Crippen molar-refractivity contribution in [3.63, 3.8) is 0 Å². The molecule has 0 bridgehead atoms. The number of ether oxygens (including phenoxy) is 2. The summed E-state index contributed by atoms with van der Waals surface area (Å²) in [5.41, 5.74) is 2.59. The number of rotatable bonds is 13. The summed E-state index contributed by atoms with van der Waals surface area (Å²) in [6.45, 7) is 2.15. The molecule has 2 heterocycles. The summed E-state index contributed by atoms with van der Waals surface area (Å²) < 4.78 is 78.4. The highest BCUT2D eigenvalue weighted by Crippen LogP contribution is 2.30. The van der Waals surface area contributed by atoms with Crippen molar-refractivity contribution in [2.24, 2.45) is 0 Å². The van der Waals surface area contributed by atoms with Crippen LogP contribution in [0.4, 0.5) is 27.6 Å². The Balaban J connectivity index is 1.12. The molecule has 0 aliphatic heterocycles. The fourth-order valence-corrected chi connectivity index (χ4v) is 3.59. The summed E-state index contributed by atoms with van der Waals surface area (Å²) in [4.78, 5) is 0. The van der Waals surface area contributed by atoms with Gasteiger partial charge in [0.05, 0.1) is 18.3 Å². The molecular weight excluding hydrogens is 503 g/mol. The standard InChI is InChI=1S/C23H23F5N6O3/c24-17-7-14(8-18(25)21(17)37-23(26,27)28)11-29-3-1-2-5-35-6-4-30-19-9-15(22-34-32-13-36-22)10-20-16(19)12-31-33-20/h7-10,12-13,29-30H,1-6,11H2,(H,31,33). The summed E-state index contributed by atoms with van der Waals surface area (Å²) in [6, 6.07) is 5.38. The van der Waals surface area contributed by atoms with E-state index in [9.17, 15) is 22.0 Å². The Bertz CT molecular complexity index is 1270. The lowest BCUT2D eigenvalue weighted by molar-refractivity contribution is -0.276. The second kappa shape index (κ2) is 12.0. The maximum absolute atomic E-state index is 13.7. The fraction of sp³-hybridized carbons (Fsp3) is 0.348. The lowest BCUT2D eigenvalue weighted by atomic mass is 10.1. The Hall–Kier alpha value is -3.78. The number of aromatic nitrogens is 4. The van der Waals surface area contributed by atoms with Crippen LogP contribution in [-0.4, -0.2) is 53.1 Å². The van der Waals surface area contributed by atoms with Crippen molar-refractivity contribution in [1.82, 2.24) is 25.7 Å². The average molecular weight is 526 g/mol. The molecule has 0 amide bonds. The monoisotopic (exact) mass is 526 g/mol. The number of anilines is 1. The van der Waals surface area contributed by atoms with Gasteiger partial charge in [-0.25, -0.2) is 8.78 Å². The molecule has 0 radical (unpaired) electrons. The lowest BCUT2D eigenvalue weighted by Crippen LogP contribution is -2.20. The Morgan fingerprint density at radius 1 is 1.00 bits per heavy atom. The van der Waals surface area contributed by atoms with Crippen molar-refractivity contribution in [2.45, 2.75) is 25.7 Å². The van der Waals surface area contributed by atoms with Crippen molar-refractivity contribution >= 4 is 16.6 Å². The number of fused-ring (bicyclic) bond motifs is 1. The fourth-order valence-electron chi connectivity index (χ4n) is 3.59. The van der Waals surface area contributed by atoms with Crippen LogP contribution in [0.15, 0.2) is 41.3 Å². The molecule has 0 saturated heterocycles. The molecule has 14 heteroatoms. The van der Waals surface area contributed by atoms with Gasteiger partial charge in [-0.1, -0.05) is 0 Å². The van der Waals surface area contributed by atoms with Crippen LogP contribution in [0.5, 0.6) is 5.75 Å². The largest absolute Gasteiger partial charge is 0.573 e. The minimum atomic E-state index is -5.17. The number of unbranched alkanes of at least 4 members (excludes halogenated alkanes) is 1. The molecule has 3 N–H and O–H groups in total. The number of hydrogen-bond acceptors (Lipinski definition) is 8. The van der Waals surface area contributed by atoms with Crippen LogP contribution in [0.3, 0.4) is 0 Å². The first-order valence-electron chi connectivity index (χ1n) is 11.3. The highest BCUT2D eigenvalue weighted by atomic mass is 19.4. The van der Waals surface area contributed by atoms with Gasteiger partial charge in [-0.3, -0.25) is 5.10 Å². The average Bonchev–Trinajstić information content (AvgIpc) is 3.54. The van der Waals surface area contributed by atoms with E-state index in [0.29, 0.717) is 32.2 Å². The van der Waals surface area contributed by atoms with E-state index >= 15 is 0 Å². The molecule has 2 aromatic carbocycles. The molecule has 4 aromatic rings. The Labute approximate surface area is 207 Å². The summed E-state index contributed by atoms with van der Waals surface area (Å²) in [7, 11) is 0. The summed E-state index contributed by atoms with van der Waals surface area (Å²) in [5, 5.41) is 21.8. The van der Waals surface area contributed by atoms with Crippen molar-refractivity contribution in [3.8, 4) is 17.2 Å². The van der Waals surface area contributed by atoms with Crippen LogP contribution in [0, 0.1) is 11.6 Å². The van der Waals surface area contributed by atoms with Gasteiger partial charge in [0.2, 0.25) is 18.0 Å². The first-order chi connectivity index (χ1) is 17.8. The molecule has 0 spiro atoms. The van der Waals surface area contributed by atoms with E-state index in [1.165, 1.54) is 6.39 Å². The molecule has 198 valence electrons. The zero-order valence-electron chi connectivity index (χ0n) is 19.4. The molecule has 0 aliphatic carbocycles. The van der Waals surface area contributed by atoms with Gasteiger partial charge in [0.25, 0.3) is 0 Å². The molecule has 2 aromatic heterocycles. The van der Waals surface area contributed by atoms with Gasteiger partial charge < -0.3 is 24.5 Å². The Morgan fingerprint density at radius 2 is 1.81 bits per heavy atom. The van der Waals surface area contributed by atoms with E-state index in [4.69, 9.17) is 9.15 Å². The van der Waals surface area contributed by atoms with Gasteiger partial charge in [0.1, 0.15) is 0 Å². The minimum Gasteiger partial charge on any atom is -0.423 e. The quantitative estimate of drug-likeness (QED) is 0.169. The maximum Gasteiger partial charge on any atom is 0.573 e. The van der Waals surface area contributed by atoms with E-state index in [1.807, 2.05) is 12.1 Å². The Morgan fingerprint density at radius 3 is 2.54 bits per heavy atom. The number of H-pyrrole nitrogens is 1. The summed E-state index contributed by atoms with van der Waals surface area (Å²) >= 11 is 0. The van der Waals surface area contributed by atoms with E-state index in [1.54, 1.807) is 6.20 Å². The van der Waals surface area contributed by atoms with Crippen molar-refractivity contribution in [3.05, 3.63) is 54.1 Å². The van der Waals surface area contributed by atoms with Gasteiger partial charge in [0, 0.05) is 36.3 Å². The molecule has 9 nitrogen and oxygen atoms in total. The van der Waals surface area contributed by atoms with Crippen LogP contribution in [0.25, 0.3) is 22.4 Å². The third kappa shape index (κ3) is 7.36. The van der Waals surface area contributed by atoms with Crippen LogP contribution >= 0.6 is 0 Å². The van der Waals surface area contributed by atoms with E-state index in [2.05, 4.69) is 35.8 Å². The van der Waals surface area contributed by atoms with Crippen molar-refractivity contribution in [2.75, 3.05) is 31.6 Å². The molecule has 0 atom stereocenters. The normalized spacial score (nSPS) is 11.8. The SMILES string of the molecule is Fc1cc(CNCCCCOCCNc2cc(-c3nnco3)cc3[nH]ncc23)cc(F)c1OC(F)(F)F. The van der Waals surface area contributed by atoms with E-state index in [-0.39, 0.29) is 12.1 Å². The second-order valence-electron chi connectivity index (χ2n) is 7.96. The number of hydrogen-bond donors (Lipinski definition) is 3. The molecule has 37 heavy (non-hydrogen) atoms. The smallest absolute Gasteiger partial charge is 0.423 e. The van der Waals surface area contributed by atoms with Crippen molar-refractivity contribution < 1.29 is 35.8 Å². The highest BCUT2D eigenvalue weighted by molar-refractivity contribution is 5.94. The third-order valence-corrected chi connectivity index (χ3v) is 5.22. The first kappa shape index (κ1) is 26.3. The molecule has 0 unspecified atom stereocenters. The topological polar surface area (TPSA) is 110 Å². The predicted octanol–water partition coefficient (Wildman–Crippen LogP) is 4.79. The molecular formula is C23H23F5N6O3. The van der Waals surface area contributed by atoms with Crippen LogP contribution in [0.1, 0.15) is 18.4 Å². The zero-order chi connectivity index (χ0) is 26.3. The maximum atomic E-state index is 13.7. The highest BCUT2D eigenvalue weighted by Gasteiger charge is 2.34. The number of nitrogens with one attached hydrogen (secondary N) is 3. The zero-order valence-corrected chi connectivity index (χ0v) is 19.4. The predicted molar refractivity (Wildman–Crippen MR) is 123 cm³/mol. The van der Waals surface area contributed by atoms with E-state index in [0.717, 1.165) is 47.1 Å². The van der Waals surface area contributed by atoms with Gasteiger partial charge in [0.15, 0.2) is 11.6 Å². The van der Waals surface area contributed by atoms with Crippen LogP contribution in [-0.2, 0) is 11.3 Å². The molecule has 0 aliphatic rings. The Kier molecular flexibility index (Phi) is 8.50. The van der Waals surface area contributed by atoms with Crippen LogP contribution < -0.4 is 15.4 Å². The molecule has 0 saturated carbocycles. The van der Waals surface area contributed by atoms with Gasteiger partial charge in [-0.2, -0.15) is 5.10 Å². The van der Waals surface area contributed by atoms with Gasteiger partial charge in [-0.15, -0.1) is 23.4 Å². The van der Waals surface area contributed by atoms with E-state index < -0.39 is 23.7 Å². The molecule has 4 rings (SSSR count). The number of halogens is 5. The van der Waals surface area contributed by atoms with Gasteiger partial charge in [-0.05, 0) is 49.2 Å². The third-order valence-electron chi connectivity index (χ3n) is 5.22. The molecule has 0 fully saturated rings. The summed E-state index contributed by atoms with van der Waals surface area (Å²) in [5.74, 6) is -3.89. The number of benzene rings is 2. The summed E-state index contributed by atoms with van der Waals surface area (Å²) in [6.07, 6.45) is -0.720. The first-order valence-corrected chi connectivity index (χ1v) is 11.3. The van der Waals surface area contributed by atoms with Crippen molar-refractivity contribution in [1.29, 1.82) is 0 Å². The second-order valence-corrected chi connectivity index (χ2v) is 7.96. The lowest BCUT2D eigenvalue weighted by Gasteiger charge is -2.12. The number of alkyl halides is 3. The van der Waals surface area contributed by atoms with Crippen LogP contribution in [0.2, 0.25) is 0 Å².